The highest BCUT2D eigenvalue weighted by Gasteiger charge is 2.38. The summed E-state index contributed by atoms with van der Waals surface area (Å²) in [6.45, 7) is 5.12. The zero-order valence-electron chi connectivity index (χ0n) is 14.6. The number of aromatic nitrogens is 2. The first kappa shape index (κ1) is 17.5. The second-order valence-corrected chi connectivity index (χ2v) is 7.56. The summed E-state index contributed by atoms with van der Waals surface area (Å²) < 4.78 is 38.3. The zero-order chi connectivity index (χ0) is 18.2. The third kappa shape index (κ3) is 3.50. The average Bonchev–Trinajstić information content (AvgIpc) is 3.23. The molecule has 7 heteroatoms. The van der Waals surface area contributed by atoms with Crippen molar-refractivity contribution in [2.24, 2.45) is 5.41 Å². The number of piperidine rings is 1. The fourth-order valence-corrected chi connectivity index (χ4v) is 4.28. The maximum atomic E-state index is 12.8. The van der Waals surface area contributed by atoms with Crippen LogP contribution in [0.25, 0.3) is 11.3 Å². The number of halogens is 3. The van der Waals surface area contributed by atoms with E-state index in [1.807, 2.05) is 0 Å². The second kappa shape index (κ2) is 6.70. The molecule has 26 heavy (non-hydrogen) atoms. The van der Waals surface area contributed by atoms with Crippen molar-refractivity contribution in [2.45, 2.75) is 32.0 Å². The lowest BCUT2D eigenvalue weighted by molar-refractivity contribution is -0.137. The fourth-order valence-electron chi connectivity index (χ4n) is 4.28. The van der Waals surface area contributed by atoms with E-state index in [0.29, 0.717) is 5.41 Å². The summed E-state index contributed by atoms with van der Waals surface area (Å²) in [5.74, 6) is 0. The predicted molar refractivity (Wildman–Crippen MR) is 93.5 cm³/mol. The van der Waals surface area contributed by atoms with Crippen LogP contribution in [0.5, 0.6) is 0 Å². The monoisotopic (exact) mass is 364 g/mol. The van der Waals surface area contributed by atoms with Crippen LogP contribution in [0.3, 0.4) is 0 Å². The molecule has 0 unspecified atom stereocenters. The van der Waals surface area contributed by atoms with Gasteiger partial charge in [0.2, 0.25) is 0 Å². The maximum Gasteiger partial charge on any atom is 0.416 e. The molecule has 2 aliphatic heterocycles. The van der Waals surface area contributed by atoms with E-state index in [0.717, 1.165) is 61.7 Å². The minimum Gasteiger partial charge on any atom is -0.317 e. The van der Waals surface area contributed by atoms with Crippen LogP contribution in [0.1, 0.15) is 30.4 Å². The molecule has 2 N–H and O–H groups in total. The van der Waals surface area contributed by atoms with Crippen LogP contribution < -0.4 is 5.32 Å². The molecule has 0 aliphatic carbocycles. The third-order valence-electron chi connectivity index (χ3n) is 5.79. The molecule has 0 radical (unpaired) electrons. The molecule has 2 saturated heterocycles. The molecule has 0 amide bonds. The van der Waals surface area contributed by atoms with Crippen molar-refractivity contribution in [2.75, 3.05) is 26.2 Å². The highest BCUT2D eigenvalue weighted by atomic mass is 19.4. The summed E-state index contributed by atoms with van der Waals surface area (Å²) in [5.41, 5.74) is 2.39. The molecule has 4 nitrogen and oxygen atoms in total. The van der Waals surface area contributed by atoms with E-state index in [9.17, 15) is 13.2 Å². The Balaban J connectivity index is 1.47. The summed E-state index contributed by atoms with van der Waals surface area (Å²) in [6.07, 6.45) is 1.15. The molecule has 2 aromatic rings. The van der Waals surface area contributed by atoms with Crippen molar-refractivity contribution in [1.29, 1.82) is 0 Å². The standard InChI is InChI=1S/C19H23F3N4/c20-19(21,22)16-3-1-14(2-4-16)17-15(11-24-25-17)12-26-10-7-18(13-26)5-8-23-9-6-18/h1-4,11,23H,5-10,12-13H2,(H,24,25). The van der Waals surface area contributed by atoms with Gasteiger partial charge in [0.1, 0.15) is 0 Å². The summed E-state index contributed by atoms with van der Waals surface area (Å²) in [6, 6.07) is 5.27. The Morgan fingerprint density at radius 2 is 1.81 bits per heavy atom. The normalized spacial score (nSPS) is 20.7. The lowest BCUT2D eigenvalue weighted by Crippen LogP contribution is -2.38. The van der Waals surface area contributed by atoms with Crippen molar-refractivity contribution in [1.82, 2.24) is 20.4 Å². The van der Waals surface area contributed by atoms with Crippen molar-refractivity contribution < 1.29 is 13.2 Å². The second-order valence-electron chi connectivity index (χ2n) is 7.56. The molecule has 0 bridgehead atoms. The quantitative estimate of drug-likeness (QED) is 0.873. The minimum absolute atomic E-state index is 0.434. The molecule has 2 fully saturated rings. The number of hydrogen-bond donors (Lipinski definition) is 2. The highest BCUT2D eigenvalue weighted by molar-refractivity contribution is 5.63. The molecular weight excluding hydrogens is 341 g/mol. The Kier molecular flexibility index (Phi) is 4.52. The number of likely N-dealkylation sites (tertiary alicyclic amines) is 1. The minimum atomic E-state index is -4.31. The van der Waals surface area contributed by atoms with Crippen molar-refractivity contribution in [3.05, 3.63) is 41.6 Å². The van der Waals surface area contributed by atoms with Crippen molar-refractivity contribution >= 4 is 0 Å². The van der Waals surface area contributed by atoms with Gasteiger partial charge in [-0.25, -0.2) is 0 Å². The third-order valence-corrected chi connectivity index (χ3v) is 5.79. The van der Waals surface area contributed by atoms with Gasteiger partial charge in [-0.15, -0.1) is 0 Å². The Morgan fingerprint density at radius 1 is 1.08 bits per heavy atom. The van der Waals surface area contributed by atoms with Gasteiger partial charge in [0, 0.05) is 18.7 Å². The van der Waals surface area contributed by atoms with Gasteiger partial charge in [-0.1, -0.05) is 12.1 Å². The van der Waals surface area contributed by atoms with Gasteiger partial charge in [0.05, 0.1) is 17.5 Å². The van der Waals surface area contributed by atoms with E-state index < -0.39 is 11.7 Å². The van der Waals surface area contributed by atoms with Crippen molar-refractivity contribution in [3.8, 4) is 11.3 Å². The highest BCUT2D eigenvalue weighted by Crippen LogP contribution is 2.39. The van der Waals surface area contributed by atoms with Gasteiger partial charge in [-0.05, 0) is 62.0 Å². The average molecular weight is 364 g/mol. The number of rotatable bonds is 3. The smallest absolute Gasteiger partial charge is 0.317 e. The van der Waals surface area contributed by atoms with Gasteiger partial charge < -0.3 is 5.32 Å². The van der Waals surface area contributed by atoms with E-state index in [2.05, 4.69) is 20.4 Å². The summed E-state index contributed by atoms with van der Waals surface area (Å²) >= 11 is 0. The number of nitrogens with zero attached hydrogens (tertiary/aromatic N) is 2. The van der Waals surface area contributed by atoms with Gasteiger partial charge in [0.25, 0.3) is 0 Å². The van der Waals surface area contributed by atoms with Gasteiger partial charge >= 0.3 is 6.18 Å². The largest absolute Gasteiger partial charge is 0.416 e. The predicted octanol–water partition coefficient (Wildman–Crippen LogP) is 3.67. The summed E-state index contributed by atoms with van der Waals surface area (Å²) in [5, 5.41) is 10.5. The SMILES string of the molecule is FC(F)(F)c1ccc(-c2[nH]ncc2CN2CCC3(CCNCC3)C2)cc1. The molecule has 4 rings (SSSR count). The van der Waals surface area contributed by atoms with Gasteiger partial charge in [-0.2, -0.15) is 18.3 Å². The Hall–Kier alpha value is -1.86. The number of aromatic amines is 1. The molecular formula is C19H23F3N4. The van der Waals surface area contributed by atoms with E-state index in [4.69, 9.17) is 0 Å². The lowest BCUT2D eigenvalue weighted by Gasteiger charge is -2.33. The summed E-state index contributed by atoms with van der Waals surface area (Å²) in [4.78, 5) is 2.45. The fraction of sp³-hybridized carbons (Fsp3) is 0.526. The van der Waals surface area contributed by atoms with E-state index in [1.54, 1.807) is 6.20 Å². The van der Waals surface area contributed by atoms with E-state index in [-0.39, 0.29) is 0 Å². The van der Waals surface area contributed by atoms with Crippen LogP contribution in [0.2, 0.25) is 0 Å². The summed E-state index contributed by atoms with van der Waals surface area (Å²) in [7, 11) is 0. The molecule has 140 valence electrons. The first-order chi connectivity index (χ1) is 12.5. The Morgan fingerprint density at radius 3 is 2.50 bits per heavy atom. The number of hydrogen-bond acceptors (Lipinski definition) is 3. The molecule has 1 aromatic heterocycles. The van der Waals surface area contributed by atoms with E-state index in [1.165, 1.54) is 31.4 Å². The molecule has 1 aromatic carbocycles. The number of nitrogens with one attached hydrogen (secondary N) is 2. The van der Waals surface area contributed by atoms with Crippen LogP contribution in [-0.4, -0.2) is 41.3 Å². The maximum absolute atomic E-state index is 12.8. The molecule has 1 spiro atoms. The Labute approximate surface area is 150 Å². The van der Waals surface area contributed by atoms with Crippen LogP contribution in [0.15, 0.2) is 30.5 Å². The first-order valence-electron chi connectivity index (χ1n) is 9.08. The number of H-pyrrole nitrogens is 1. The van der Waals surface area contributed by atoms with E-state index >= 15 is 0 Å². The molecule has 0 atom stereocenters. The van der Waals surface area contributed by atoms with Gasteiger partial charge in [0.15, 0.2) is 0 Å². The van der Waals surface area contributed by atoms with Crippen molar-refractivity contribution in [3.63, 3.8) is 0 Å². The lowest BCUT2D eigenvalue weighted by atomic mass is 9.78. The topological polar surface area (TPSA) is 44.0 Å². The van der Waals surface area contributed by atoms with Crippen LogP contribution >= 0.6 is 0 Å². The van der Waals surface area contributed by atoms with Crippen LogP contribution in [0, 0.1) is 5.41 Å². The number of benzene rings is 1. The molecule has 2 aliphatic rings. The first-order valence-corrected chi connectivity index (χ1v) is 9.08. The van der Waals surface area contributed by atoms with Crippen LogP contribution in [-0.2, 0) is 12.7 Å². The zero-order valence-corrected chi connectivity index (χ0v) is 14.6. The van der Waals surface area contributed by atoms with Crippen LogP contribution in [0.4, 0.5) is 13.2 Å². The number of alkyl halides is 3. The Bertz CT molecular complexity index is 745. The molecule has 3 heterocycles. The molecule has 0 saturated carbocycles. The van der Waals surface area contributed by atoms with Gasteiger partial charge in [-0.3, -0.25) is 10.00 Å².